The summed E-state index contributed by atoms with van der Waals surface area (Å²) in [7, 11) is 0. The maximum absolute atomic E-state index is 11.0. The zero-order valence-electron chi connectivity index (χ0n) is 7.18. The highest BCUT2D eigenvalue weighted by Crippen LogP contribution is 2.27. The third-order valence-corrected chi connectivity index (χ3v) is 2.39. The Morgan fingerprint density at radius 1 is 1.46 bits per heavy atom. The summed E-state index contributed by atoms with van der Waals surface area (Å²) in [5.74, 6) is -0.422. The standard InChI is InChI=1S/C10H9Cl2O/c1-6(7(2)13)9-4-3-8(11)5-10(9)12/h3-6H,1H2,2H3/t6-/m1/s1. The van der Waals surface area contributed by atoms with E-state index in [-0.39, 0.29) is 5.78 Å². The van der Waals surface area contributed by atoms with E-state index in [0.29, 0.717) is 10.0 Å². The van der Waals surface area contributed by atoms with Gasteiger partial charge in [-0.1, -0.05) is 29.3 Å². The first-order chi connectivity index (χ1) is 6.02. The van der Waals surface area contributed by atoms with Crippen LogP contribution in [0.5, 0.6) is 0 Å². The Morgan fingerprint density at radius 2 is 2.08 bits per heavy atom. The minimum Gasteiger partial charge on any atom is -0.299 e. The lowest BCUT2D eigenvalue weighted by atomic mass is 9.98. The van der Waals surface area contributed by atoms with Gasteiger partial charge in [-0.05, 0) is 31.5 Å². The molecule has 0 saturated heterocycles. The number of hydrogen-bond donors (Lipinski definition) is 0. The Hall–Kier alpha value is -0.530. The molecule has 0 aliphatic rings. The molecular weight excluding hydrogens is 207 g/mol. The van der Waals surface area contributed by atoms with Crippen molar-refractivity contribution in [2.24, 2.45) is 0 Å². The second-order valence-corrected chi connectivity index (χ2v) is 3.67. The van der Waals surface area contributed by atoms with E-state index >= 15 is 0 Å². The molecule has 1 aromatic rings. The molecule has 0 saturated carbocycles. The number of Topliss-reactive ketones (excluding diaryl/α,β-unsaturated/α-hetero) is 1. The number of carbonyl (C=O) groups excluding carboxylic acids is 1. The van der Waals surface area contributed by atoms with E-state index in [4.69, 9.17) is 23.2 Å². The van der Waals surface area contributed by atoms with E-state index in [1.807, 2.05) is 0 Å². The Labute approximate surface area is 87.7 Å². The normalized spacial score (nSPS) is 12.6. The summed E-state index contributed by atoms with van der Waals surface area (Å²) < 4.78 is 0. The molecule has 0 bridgehead atoms. The third-order valence-electron chi connectivity index (χ3n) is 1.83. The zero-order chi connectivity index (χ0) is 10.0. The van der Waals surface area contributed by atoms with E-state index in [1.165, 1.54) is 6.92 Å². The van der Waals surface area contributed by atoms with Gasteiger partial charge in [-0.15, -0.1) is 0 Å². The second kappa shape index (κ2) is 4.12. The van der Waals surface area contributed by atoms with Crippen LogP contribution in [-0.4, -0.2) is 5.78 Å². The third kappa shape index (κ3) is 2.45. The van der Waals surface area contributed by atoms with Crippen LogP contribution in [0, 0.1) is 6.92 Å². The van der Waals surface area contributed by atoms with Gasteiger partial charge in [0.15, 0.2) is 0 Å². The van der Waals surface area contributed by atoms with E-state index < -0.39 is 5.92 Å². The van der Waals surface area contributed by atoms with Crippen LogP contribution in [0.25, 0.3) is 0 Å². The van der Waals surface area contributed by atoms with Crippen LogP contribution in [0.2, 0.25) is 10.0 Å². The fraction of sp³-hybridized carbons (Fsp3) is 0.200. The largest absolute Gasteiger partial charge is 0.299 e. The number of benzene rings is 1. The van der Waals surface area contributed by atoms with Gasteiger partial charge in [0.25, 0.3) is 0 Å². The number of hydrogen-bond acceptors (Lipinski definition) is 1. The van der Waals surface area contributed by atoms with Gasteiger partial charge in [-0.2, -0.15) is 0 Å². The predicted molar refractivity (Wildman–Crippen MR) is 55.2 cm³/mol. The van der Waals surface area contributed by atoms with Gasteiger partial charge in [-0.25, -0.2) is 0 Å². The van der Waals surface area contributed by atoms with Crippen molar-refractivity contribution >= 4 is 29.0 Å². The molecule has 0 unspecified atom stereocenters. The van der Waals surface area contributed by atoms with Crippen LogP contribution >= 0.6 is 23.2 Å². The molecule has 13 heavy (non-hydrogen) atoms. The number of rotatable bonds is 2. The maximum Gasteiger partial charge on any atom is 0.137 e. The van der Waals surface area contributed by atoms with Gasteiger partial charge in [0.2, 0.25) is 0 Å². The molecule has 0 amide bonds. The molecule has 0 aliphatic carbocycles. The Morgan fingerprint density at radius 3 is 2.54 bits per heavy atom. The highest BCUT2D eigenvalue weighted by Gasteiger charge is 2.13. The minimum absolute atomic E-state index is 0.00998. The van der Waals surface area contributed by atoms with Crippen LogP contribution in [0.15, 0.2) is 18.2 Å². The number of halogens is 2. The van der Waals surface area contributed by atoms with Gasteiger partial charge in [0, 0.05) is 16.0 Å². The molecule has 1 radical (unpaired) electrons. The summed E-state index contributed by atoms with van der Waals surface area (Å²) in [5.41, 5.74) is 0.721. The van der Waals surface area contributed by atoms with E-state index in [0.717, 1.165) is 5.56 Å². The predicted octanol–water partition coefficient (Wildman–Crippen LogP) is 3.50. The molecule has 0 aliphatic heterocycles. The maximum atomic E-state index is 11.0. The molecular formula is C10H9Cl2O. The molecule has 3 heteroatoms. The highest BCUT2D eigenvalue weighted by atomic mass is 35.5. The molecule has 0 fully saturated rings. The van der Waals surface area contributed by atoms with E-state index in [2.05, 4.69) is 6.92 Å². The smallest absolute Gasteiger partial charge is 0.137 e. The Bertz CT molecular complexity index is 334. The minimum atomic E-state index is -0.412. The molecule has 1 nitrogen and oxygen atoms in total. The average Bonchev–Trinajstić information content (AvgIpc) is 2.03. The summed E-state index contributed by atoms with van der Waals surface area (Å²) >= 11 is 11.6. The van der Waals surface area contributed by atoms with Crippen LogP contribution in [0.4, 0.5) is 0 Å². The molecule has 0 N–H and O–H groups in total. The Kier molecular flexibility index (Phi) is 3.34. The van der Waals surface area contributed by atoms with Crippen molar-refractivity contribution in [1.29, 1.82) is 0 Å². The monoisotopic (exact) mass is 215 g/mol. The number of carbonyl (C=O) groups is 1. The first-order valence-corrected chi connectivity index (χ1v) is 4.56. The summed E-state index contributed by atoms with van der Waals surface area (Å²) in [6.07, 6.45) is 0. The van der Waals surface area contributed by atoms with Crippen LogP contribution in [-0.2, 0) is 4.79 Å². The lowest BCUT2D eigenvalue weighted by Crippen LogP contribution is -2.04. The fourth-order valence-electron chi connectivity index (χ4n) is 1.00. The van der Waals surface area contributed by atoms with Crippen molar-refractivity contribution < 1.29 is 4.79 Å². The lowest BCUT2D eigenvalue weighted by Gasteiger charge is -2.09. The van der Waals surface area contributed by atoms with Crippen LogP contribution in [0.1, 0.15) is 18.4 Å². The molecule has 0 heterocycles. The van der Waals surface area contributed by atoms with Crippen molar-refractivity contribution in [3.05, 3.63) is 40.7 Å². The SMILES string of the molecule is [CH2][C@H](C(C)=O)c1ccc(Cl)cc1Cl. The Balaban J connectivity index is 3.08. The van der Waals surface area contributed by atoms with Crippen LogP contribution < -0.4 is 0 Å². The highest BCUT2D eigenvalue weighted by molar-refractivity contribution is 6.35. The molecule has 1 atom stereocenters. The molecule has 0 spiro atoms. The van der Waals surface area contributed by atoms with Gasteiger partial charge >= 0.3 is 0 Å². The van der Waals surface area contributed by atoms with Crippen molar-refractivity contribution in [3.8, 4) is 0 Å². The summed E-state index contributed by atoms with van der Waals surface area (Å²) in [4.78, 5) is 11.0. The average molecular weight is 216 g/mol. The number of ketones is 1. The van der Waals surface area contributed by atoms with Crippen LogP contribution in [0.3, 0.4) is 0 Å². The van der Waals surface area contributed by atoms with Gasteiger partial charge < -0.3 is 0 Å². The summed E-state index contributed by atoms with van der Waals surface area (Å²) in [5, 5.41) is 1.05. The molecule has 69 valence electrons. The summed E-state index contributed by atoms with van der Waals surface area (Å²) in [6.45, 7) is 5.21. The molecule has 1 rings (SSSR count). The van der Waals surface area contributed by atoms with Crippen molar-refractivity contribution in [3.63, 3.8) is 0 Å². The lowest BCUT2D eigenvalue weighted by molar-refractivity contribution is -0.117. The van der Waals surface area contributed by atoms with Crippen molar-refractivity contribution in [2.45, 2.75) is 12.8 Å². The van der Waals surface area contributed by atoms with Crippen molar-refractivity contribution in [2.75, 3.05) is 0 Å². The quantitative estimate of drug-likeness (QED) is 0.739. The first-order valence-electron chi connectivity index (χ1n) is 3.81. The van der Waals surface area contributed by atoms with Gasteiger partial charge in [0.1, 0.15) is 5.78 Å². The fourth-order valence-corrected chi connectivity index (χ4v) is 1.54. The van der Waals surface area contributed by atoms with Crippen molar-refractivity contribution in [1.82, 2.24) is 0 Å². The topological polar surface area (TPSA) is 17.1 Å². The first kappa shape index (κ1) is 10.6. The molecule has 0 aromatic heterocycles. The van der Waals surface area contributed by atoms with Gasteiger partial charge in [0.05, 0.1) is 0 Å². The van der Waals surface area contributed by atoms with E-state index in [9.17, 15) is 4.79 Å². The van der Waals surface area contributed by atoms with Gasteiger partial charge in [-0.3, -0.25) is 4.79 Å². The zero-order valence-corrected chi connectivity index (χ0v) is 8.69. The van der Waals surface area contributed by atoms with E-state index in [1.54, 1.807) is 18.2 Å². The molecule has 1 aromatic carbocycles. The second-order valence-electron chi connectivity index (χ2n) is 2.83. The summed E-state index contributed by atoms with van der Waals surface area (Å²) in [6, 6.07) is 5.03.